The fourth-order valence-corrected chi connectivity index (χ4v) is 15.5. The minimum Gasteiger partial charge on any atom is -0.460 e. The number of ether oxygens (including phenoxy) is 7. The number of Topliss-reactive ketones (excluding diaryl/α,β-unsaturated/α-hetero) is 1. The number of esters is 2. The smallest absolute Gasteiger partial charge is 0.330 e. The molecule has 0 radical (unpaired) electrons. The fraction of sp³-hybridized carbons (Fsp3) is 0.783. The van der Waals surface area contributed by atoms with Gasteiger partial charge in [-0.3, -0.25) is 24.0 Å². The summed E-state index contributed by atoms with van der Waals surface area (Å²) >= 11 is 1.34. The molecule has 5 aliphatic heterocycles. The minimum absolute atomic E-state index is 0.0229. The number of oxazole rings is 1. The first-order valence-electron chi connectivity index (χ1n) is 34.2. The Labute approximate surface area is 570 Å². The van der Waals surface area contributed by atoms with Gasteiger partial charge in [-0.05, 0) is 118 Å². The maximum Gasteiger partial charge on any atom is 0.330 e. The second kappa shape index (κ2) is 35.5. The number of ketones is 1. The van der Waals surface area contributed by atoms with Crippen molar-refractivity contribution in [2.45, 2.75) is 262 Å². The first kappa shape index (κ1) is 80.3. The van der Waals surface area contributed by atoms with Crippen LogP contribution in [0.5, 0.6) is 0 Å². The molecule has 0 aliphatic carbocycles. The predicted octanol–water partition coefficient (Wildman–Crippen LogP) is 3.69. The van der Waals surface area contributed by atoms with E-state index in [0.717, 1.165) is 6.26 Å². The van der Waals surface area contributed by atoms with Gasteiger partial charge >= 0.3 is 11.9 Å². The molecule has 0 aromatic carbocycles. The van der Waals surface area contributed by atoms with Crippen molar-refractivity contribution in [2.24, 2.45) is 29.6 Å². The van der Waals surface area contributed by atoms with Gasteiger partial charge in [0.05, 0.1) is 41.9 Å². The number of carbonyl (C=O) groups excluding carboxylic acids is 6. The van der Waals surface area contributed by atoms with E-state index in [1.807, 2.05) is 60.5 Å². The van der Waals surface area contributed by atoms with Crippen molar-refractivity contribution in [3.8, 4) is 0 Å². The molecule has 1 aromatic rings. The highest BCUT2D eigenvalue weighted by molar-refractivity contribution is 8.00. The first-order valence-corrected chi connectivity index (χ1v) is 35.2. The molecular weight excluding hydrogens is 1260 g/mol. The molecule has 10 unspecified atom stereocenters. The molecule has 544 valence electrons. The molecule has 5 aliphatic rings. The summed E-state index contributed by atoms with van der Waals surface area (Å²) in [5.41, 5.74) is -4.27. The number of fused-ring (bicyclic) bond motifs is 3. The molecule has 6 rings (SSSR count). The van der Waals surface area contributed by atoms with Crippen molar-refractivity contribution in [2.75, 3.05) is 53.1 Å². The molecule has 0 spiro atoms. The van der Waals surface area contributed by atoms with Crippen LogP contribution in [0.4, 0.5) is 0 Å². The highest BCUT2D eigenvalue weighted by atomic mass is 32.2. The van der Waals surface area contributed by atoms with Crippen LogP contribution in [-0.2, 0) is 63.6 Å². The third kappa shape index (κ3) is 20.7. The van der Waals surface area contributed by atoms with E-state index < -0.39 is 167 Å². The average Bonchev–Trinajstić information content (AvgIpc) is 1.18. The molecule has 6 heterocycles. The van der Waals surface area contributed by atoms with Crippen molar-refractivity contribution >= 4 is 47.2 Å². The van der Waals surface area contributed by atoms with Crippen molar-refractivity contribution in [1.29, 1.82) is 0 Å². The number of methoxy groups -OCH3 is 1. The number of likely N-dealkylation sites (N-methyl/N-ethyl adjacent to an activating group) is 1. The Morgan fingerprint density at radius 3 is 2.28 bits per heavy atom. The lowest BCUT2D eigenvalue weighted by atomic mass is 9.70. The molecule has 4 fully saturated rings. The van der Waals surface area contributed by atoms with E-state index >= 15 is 0 Å². The number of hydrogen-bond donors (Lipinski definition) is 9. The van der Waals surface area contributed by atoms with Gasteiger partial charge in [0.15, 0.2) is 18.3 Å². The fourth-order valence-electron chi connectivity index (χ4n) is 14.2. The normalized spacial score (nSPS) is 40.7. The van der Waals surface area contributed by atoms with Gasteiger partial charge in [-0.1, -0.05) is 71.4 Å². The third-order valence-corrected chi connectivity index (χ3v) is 21.7. The van der Waals surface area contributed by atoms with Crippen molar-refractivity contribution in [1.82, 2.24) is 30.7 Å². The summed E-state index contributed by atoms with van der Waals surface area (Å²) in [5.74, 6) is -6.21. The lowest BCUT2D eigenvalue weighted by molar-refractivity contribution is -0.326. The molecule has 1 aromatic heterocycles. The highest BCUT2D eigenvalue weighted by Crippen LogP contribution is 2.42. The monoisotopic (exact) mass is 1380 g/mol. The van der Waals surface area contributed by atoms with Crippen LogP contribution in [0.3, 0.4) is 0 Å². The van der Waals surface area contributed by atoms with Crippen molar-refractivity contribution in [3.63, 3.8) is 0 Å². The second-order valence-electron chi connectivity index (χ2n) is 28.2. The molecule has 24 atom stereocenters. The predicted molar refractivity (Wildman–Crippen MR) is 357 cm³/mol. The summed E-state index contributed by atoms with van der Waals surface area (Å²) in [6.07, 6.45) is -4.14. The Morgan fingerprint density at radius 1 is 0.906 bits per heavy atom. The minimum atomic E-state index is -1.99. The number of aliphatic hydroxyl groups excluding tert-OH is 4. The second-order valence-corrected chi connectivity index (χ2v) is 29.5. The molecule has 3 amide bonds. The van der Waals surface area contributed by atoms with E-state index in [-0.39, 0.29) is 93.9 Å². The van der Waals surface area contributed by atoms with Gasteiger partial charge < -0.3 is 94.0 Å². The van der Waals surface area contributed by atoms with E-state index in [4.69, 9.17) is 37.6 Å². The largest absolute Gasteiger partial charge is 0.460 e. The third-order valence-electron chi connectivity index (χ3n) is 20.3. The van der Waals surface area contributed by atoms with Gasteiger partial charge in [-0.25, -0.2) is 9.78 Å². The van der Waals surface area contributed by atoms with E-state index in [1.165, 1.54) is 49.8 Å². The van der Waals surface area contributed by atoms with Gasteiger partial charge in [0.2, 0.25) is 17.7 Å². The van der Waals surface area contributed by atoms with Crippen molar-refractivity contribution in [3.05, 3.63) is 53.8 Å². The van der Waals surface area contributed by atoms with Gasteiger partial charge in [-0.15, -0.1) is 0 Å². The van der Waals surface area contributed by atoms with Gasteiger partial charge in [0.1, 0.15) is 66.4 Å². The number of carbonyl (C=O) groups is 6. The lowest BCUT2D eigenvalue weighted by Gasteiger charge is -2.49. The number of rotatable bonds is 16. The molecule has 2 bridgehead atoms. The molecule has 9 N–H and O–H groups in total. The van der Waals surface area contributed by atoms with Crippen LogP contribution in [0.15, 0.2) is 46.6 Å². The number of aliphatic hydroxyl groups is 6. The SMILES string of the molecule is CC[C@H]1OC(=O)C2C(SCCC(=O)NCCN[C@@H]3[C@H](C)[C@@H](C)[C@](C)(O)[C@@H](CC)OC(=O)[C@H](C)[C@@H](OC4CC(C)(OC)C(O)C(C)O4)[C@H](O)[C@@H](OC4OC(C)CC(N(C)C)C4O)[C@](C)(O)C[C@H]3C)CCN2C(=O)c2coc(n2)CC(=O)C[C@H](O)/C=C(C)/C=C/CNC(=O)/C=C/[C@H]1C. The summed E-state index contributed by atoms with van der Waals surface area (Å²) in [6.45, 7) is 23.4. The molecule has 0 saturated carbocycles. The number of nitrogens with one attached hydrogen (secondary N) is 3. The maximum absolute atomic E-state index is 14.7. The van der Waals surface area contributed by atoms with Gasteiger partial charge in [0, 0.05) is 81.6 Å². The van der Waals surface area contributed by atoms with Crippen molar-refractivity contribution < 1.29 is 97.0 Å². The quantitative estimate of drug-likeness (QED) is 0.0841. The number of aromatic nitrogens is 1. The van der Waals surface area contributed by atoms with E-state index in [9.17, 15) is 59.4 Å². The lowest BCUT2D eigenvalue weighted by Crippen LogP contribution is -2.63. The number of nitrogens with zero attached hydrogens (tertiary/aromatic N) is 3. The summed E-state index contributed by atoms with van der Waals surface area (Å²) in [7, 11) is 5.08. The molecular formula is C69H112N6O20S. The van der Waals surface area contributed by atoms with Crippen LogP contribution in [0.2, 0.25) is 0 Å². The summed E-state index contributed by atoms with van der Waals surface area (Å²) in [4.78, 5) is 90.5. The molecule has 26 nitrogen and oxygen atoms in total. The Hall–Kier alpha value is -4.72. The standard InChI is InChI=1S/C69H112N6O20S/c1-17-49-38(4)21-22-52(78)70-25-19-20-37(3)30-45(76)32-46(77)33-54-73-47(36-89-54)63(83)75-28-23-50(57(75)65(85)92-49)96-29-24-53(79)71-26-27-72-56-39(5)34-67(11,86)62(95-66-58(80)48(74(14)15)31-40(6)90-66)59(81)60(94-55-35-68(12,88-16)61(82)44(10)91-55)42(8)64(84)93-51(18-2)69(13,87)43(9)41(56)7/h19-22,30,36,38-45,48-51,55-62,66,72,76,80-82,86-87H,17-18,23-29,31-35H2,1-16H3,(H,70,78)(H,71,79)/b20-19+,22-21+,37-30+/t38-,39-,40?,41-,42-,43-,44?,45-,48?,49-,50?,51-,55?,56+,57?,58?,59+,60-,61?,62-,66?,67-,68?,69+/m1/s1. The molecule has 96 heavy (non-hydrogen) atoms. The van der Waals surface area contributed by atoms with Gasteiger partial charge in [-0.2, -0.15) is 11.8 Å². The maximum atomic E-state index is 14.7. The van der Waals surface area contributed by atoms with E-state index in [0.29, 0.717) is 24.8 Å². The van der Waals surface area contributed by atoms with Crippen LogP contribution in [0.1, 0.15) is 158 Å². The summed E-state index contributed by atoms with van der Waals surface area (Å²) < 4.78 is 49.4. The number of amides is 3. The Bertz CT molecular complexity index is 2840. The summed E-state index contributed by atoms with van der Waals surface area (Å²) in [5, 5.41) is 81.1. The van der Waals surface area contributed by atoms with Crippen LogP contribution in [0, 0.1) is 29.6 Å². The van der Waals surface area contributed by atoms with Gasteiger partial charge in [0.25, 0.3) is 5.91 Å². The summed E-state index contributed by atoms with van der Waals surface area (Å²) in [6, 6.07) is -2.10. The number of allylic oxidation sites excluding steroid dienone is 2. The molecule has 27 heteroatoms. The van der Waals surface area contributed by atoms with E-state index in [1.54, 1.807) is 52.8 Å². The topological polar surface area (TPSA) is 357 Å². The highest BCUT2D eigenvalue weighted by Gasteiger charge is 2.55. The zero-order chi connectivity index (χ0) is 71.3. The average molecular weight is 1380 g/mol. The van der Waals surface area contributed by atoms with E-state index in [2.05, 4.69) is 20.9 Å². The molecule has 4 saturated heterocycles. The number of hydrogen-bond acceptors (Lipinski definition) is 24. The Morgan fingerprint density at radius 2 is 1.61 bits per heavy atom. The zero-order valence-electron chi connectivity index (χ0n) is 59.1. The Kier molecular flexibility index (Phi) is 29.7. The van der Waals surface area contributed by atoms with Crippen LogP contribution >= 0.6 is 11.8 Å². The van der Waals surface area contributed by atoms with Crippen LogP contribution in [-0.4, -0.2) is 248 Å². The number of thioether (sulfide) groups is 1. The van der Waals surface area contributed by atoms with Crippen LogP contribution < -0.4 is 16.0 Å². The zero-order valence-corrected chi connectivity index (χ0v) is 60.0. The van der Waals surface area contributed by atoms with Crippen LogP contribution in [0.25, 0.3) is 0 Å². The number of cyclic esters (lactones) is 2. The first-order chi connectivity index (χ1) is 45.1. The Balaban J connectivity index is 1.21.